The van der Waals surface area contributed by atoms with Gasteiger partial charge in [-0.05, 0) is 110 Å². The third kappa shape index (κ3) is 4.88. The van der Waals surface area contributed by atoms with E-state index in [4.69, 9.17) is 13.7 Å². The summed E-state index contributed by atoms with van der Waals surface area (Å²) < 4.78 is 83.1. The van der Waals surface area contributed by atoms with Crippen molar-refractivity contribution in [3.05, 3.63) is 64.7 Å². The smallest absolute Gasteiger partial charge is 0.339 e. The highest BCUT2D eigenvalue weighted by Crippen LogP contribution is 2.53. The van der Waals surface area contributed by atoms with Crippen molar-refractivity contribution in [1.82, 2.24) is 0 Å². The minimum Gasteiger partial charge on any atom is -0.379 e. The minimum atomic E-state index is -4.49. The van der Waals surface area contributed by atoms with Gasteiger partial charge in [-0.25, -0.2) is 0 Å². The van der Waals surface area contributed by atoms with Gasteiger partial charge in [0.1, 0.15) is 10.6 Å². The van der Waals surface area contributed by atoms with Crippen LogP contribution in [-0.2, 0) is 42.6 Å². The van der Waals surface area contributed by atoms with Crippen molar-refractivity contribution in [2.75, 3.05) is 0 Å². The van der Waals surface area contributed by atoms with Crippen LogP contribution in [0.3, 0.4) is 0 Å². The highest BCUT2D eigenvalue weighted by molar-refractivity contribution is 7.87. The molecule has 8 nitrogen and oxygen atoms in total. The first-order valence-electron chi connectivity index (χ1n) is 16.1. The summed E-state index contributed by atoms with van der Waals surface area (Å²) in [6.45, 7) is 0. The van der Waals surface area contributed by atoms with Gasteiger partial charge in [0.05, 0.1) is 29.3 Å². The topological polar surface area (TPSA) is 116 Å². The zero-order valence-electron chi connectivity index (χ0n) is 24.6. The van der Waals surface area contributed by atoms with Crippen LogP contribution in [0.25, 0.3) is 10.8 Å². The molecule has 4 heterocycles. The average Bonchev–Trinajstić information content (AvgIpc) is 3.79. The Morgan fingerprint density at radius 1 is 0.750 bits per heavy atom. The fraction of sp³-hybridized carbons (Fsp3) is 0.529. The lowest BCUT2D eigenvalue weighted by Crippen LogP contribution is -2.25. The van der Waals surface area contributed by atoms with Crippen LogP contribution in [0.5, 0.6) is 5.75 Å². The second-order valence-electron chi connectivity index (χ2n) is 13.3. The molecular weight excluding hydrogens is 601 g/mol. The third-order valence-corrected chi connectivity index (χ3v) is 13.0. The summed E-state index contributed by atoms with van der Waals surface area (Å²) in [6.07, 6.45) is 9.83. The van der Waals surface area contributed by atoms with Crippen molar-refractivity contribution < 1.29 is 35.0 Å². The molecule has 4 saturated heterocycles. The van der Waals surface area contributed by atoms with E-state index >= 15 is 0 Å². The lowest BCUT2D eigenvalue weighted by atomic mass is 9.77. The summed E-state index contributed by atoms with van der Waals surface area (Å²) in [5, 5.41) is 1.91. The maximum Gasteiger partial charge on any atom is 0.339 e. The fourth-order valence-corrected chi connectivity index (χ4v) is 11.1. The maximum atomic E-state index is 14.9. The normalized spacial score (nSPS) is 29.9. The van der Waals surface area contributed by atoms with Crippen molar-refractivity contribution in [3.63, 3.8) is 0 Å². The van der Waals surface area contributed by atoms with Crippen molar-refractivity contribution in [2.45, 2.75) is 123 Å². The van der Waals surface area contributed by atoms with Crippen LogP contribution in [0.15, 0.2) is 52.3 Å². The number of ether oxygens (including phenoxy) is 2. The van der Waals surface area contributed by atoms with E-state index in [1.165, 1.54) is 12.1 Å². The highest BCUT2D eigenvalue weighted by Gasteiger charge is 2.48. The van der Waals surface area contributed by atoms with Crippen LogP contribution in [0.2, 0.25) is 0 Å². The van der Waals surface area contributed by atoms with Gasteiger partial charge in [0, 0.05) is 17.4 Å². The predicted molar refractivity (Wildman–Crippen MR) is 164 cm³/mol. The molecule has 1 aliphatic carbocycles. The molecule has 234 valence electrons. The van der Waals surface area contributed by atoms with Gasteiger partial charge in [-0.3, -0.25) is 4.55 Å². The molecule has 4 bridgehead atoms. The molecule has 5 aliphatic rings. The number of rotatable bonds is 6. The van der Waals surface area contributed by atoms with E-state index in [9.17, 15) is 21.4 Å². The lowest BCUT2D eigenvalue weighted by molar-refractivity contribution is 0.0999. The summed E-state index contributed by atoms with van der Waals surface area (Å²) in [6, 6.07) is 12.7. The van der Waals surface area contributed by atoms with Crippen molar-refractivity contribution >= 4 is 31.0 Å². The molecule has 0 saturated carbocycles. The van der Waals surface area contributed by atoms with Gasteiger partial charge < -0.3 is 13.7 Å². The molecule has 0 radical (unpaired) electrons. The van der Waals surface area contributed by atoms with Gasteiger partial charge >= 0.3 is 10.1 Å². The van der Waals surface area contributed by atoms with Gasteiger partial charge in [0.2, 0.25) is 0 Å². The van der Waals surface area contributed by atoms with E-state index in [1.54, 1.807) is 0 Å². The summed E-state index contributed by atoms with van der Waals surface area (Å²) in [4.78, 5) is 0.0708. The Kier molecular flexibility index (Phi) is 7.10. The number of hydrogen-bond acceptors (Lipinski definition) is 7. The monoisotopic (exact) mass is 638 g/mol. The first-order valence-corrected chi connectivity index (χ1v) is 19.0. The molecule has 0 aromatic heterocycles. The molecule has 10 heteroatoms. The lowest BCUT2D eigenvalue weighted by Gasteiger charge is -2.29. The third-order valence-electron chi connectivity index (χ3n) is 10.7. The van der Waals surface area contributed by atoms with Gasteiger partial charge in [0.25, 0.3) is 10.1 Å². The zero-order valence-corrected chi connectivity index (χ0v) is 26.2. The highest BCUT2D eigenvalue weighted by atomic mass is 32.2. The SMILES string of the molecule is O=S(=O)(O)c1ccc(OS(=O)(=O)c2c(C3CC4CCC3O4)cc3ccccc3c2C2CC3CCC2O3)c2c1CCCCCC2. The molecule has 3 aromatic carbocycles. The quantitative estimate of drug-likeness (QED) is 0.238. The number of fused-ring (bicyclic) bond motifs is 6. The Hall–Kier alpha value is -2.50. The van der Waals surface area contributed by atoms with E-state index in [0.717, 1.165) is 86.1 Å². The Balaban J connectivity index is 1.33. The van der Waals surface area contributed by atoms with Crippen molar-refractivity contribution in [3.8, 4) is 5.75 Å². The number of hydrogen-bond donors (Lipinski definition) is 1. The van der Waals surface area contributed by atoms with E-state index in [-0.39, 0.29) is 51.8 Å². The summed E-state index contributed by atoms with van der Waals surface area (Å²) in [5.74, 6) is 0.00860. The van der Waals surface area contributed by atoms with Crippen LogP contribution in [-0.4, -0.2) is 45.8 Å². The first kappa shape index (κ1) is 28.9. The molecule has 1 N–H and O–H groups in total. The number of benzene rings is 3. The summed E-state index contributed by atoms with van der Waals surface area (Å²) >= 11 is 0. The van der Waals surface area contributed by atoms with Gasteiger partial charge in [0.15, 0.2) is 0 Å². The van der Waals surface area contributed by atoms with Gasteiger partial charge in [-0.1, -0.05) is 37.1 Å². The van der Waals surface area contributed by atoms with E-state index in [2.05, 4.69) is 6.07 Å². The molecule has 3 aromatic rings. The molecule has 44 heavy (non-hydrogen) atoms. The van der Waals surface area contributed by atoms with E-state index < -0.39 is 20.2 Å². The molecule has 6 unspecified atom stereocenters. The Labute approximate surface area is 259 Å². The average molecular weight is 639 g/mol. The fourth-order valence-electron chi connectivity index (χ4n) is 8.84. The molecular formula is C34H38O8S2. The minimum absolute atomic E-state index is 0.0340. The Morgan fingerprint density at radius 2 is 1.41 bits per heavy atom. The van der Waals surface area contributed by atoms with E-state index in [0.29, 0.717) is 24.0 Å². The van der Waals surface area contributed by atoms with Crippen LogP contribution in [0.1, 0.15) is 98.3 Å². The van der Waals surface area contributed by atoms with Crippen LogP contribution >= 0.6 is 0 Å². The van der Waals surface area contributed by atoms with Crippen LogP contribution in [0.4, 0.5) is 0 Å². The molecule has 4 fully saturated rings. The standard InChI is InChI=1S/C34H38O8S2/c35-43(36,37)32-16-15-31(24-9-3-1-2-4-10-25(24)32)42-44(38,39)34-27(26-18-21-11-13-29(26)40-21)17-20-7-5-6-8-23(20)33(34)28-19-22-12-14-30(28)41-22/h5-8,15-17,21-22,26,28-30H,1-4,9-14,18-19H2,(H,35,36,37). The van der Waals surface area contributed by atoms with E-state index in [1.807, 2.05) is 24.3 Å². The summed E-state index contributed by atoms with van der Waals surface area (Å²) in [5.41, 5.74) is 2.55. The predicted octanol–water partition coefficient (Wildman–Crippen LogP) is 6.58. The molecule has 0 spiro atoms. The second-order valence-corrected chi connectivity index (χ2v) is 16.2. The largest absolute Gasteiger partial charge is 0.379 e. The molecule has 0 amide bonds. The Bertz CT molecular complexity index is 1850. The van der Waals surface area contributed by atoms with Crippen molar-refractivity contribution in [1.29, 1.82) is 0 Å². The molecule has 6 atom stereocenters. The van der Waals surface area contributed by atoms with Crippen LogP contribution in [0, 0.1) is 0 Å². The maximum absolute atomic E-state index is 14.9. The van der Waals surface area contributed by atoms with Gasteiger partial charge in [-0.15, -0.1) is 0 Å². The molecule has 4 aliphatic heterocycles. The second kappa shape index (κ2) is 10.8. The molecule has 8 rings (SSSR count). The van der Waals surface area contributed by atoms with Gasteiger partial charge in [-0.2, -0.15) is 16.8 Å². The summed E-state index contributed by atoms with van der Waals surface area (Å²) in [7, 11) is -8.89. The first-order chi connectivity index (χ1) is 21.2. The zero-order chi connectivity index (χ0) is 30.2. The Morgan fingerprint density at radius 3 is 2.05 bits per heavy atom. The van der Waals surface area contributed by atoms with Crippen LogP contribution < -0.4 is 4.18 Å². The van der Waals surface area contributed by atoms with Crippen molar-refractivity contribution in [2.24, 2.45) is 0 Å².